The van der Waals surface area contributed by atoms with E-state index in [1.165, 1.54) is 4.90 Å². The van der Waals surface area contributed by atoms with Crippen molar-refractivity contribution in [1.82, 2.24) is 4.90 Å². The fourth-order valence-corrected chi connectivity index (χ4v) is 3.26. The van der Waals surface area contributed by atoms with Gasteiger partial charge in [0.25, 0.3) is 11.8 Å². The Morgan fingerprint density at radius 1 is 1.00 bits per heavy atom. The van der Waals surface area contributed by atoms with Gasteiger partial charge in [0.05, 0.1) is 11.1 Å². The van der Waals surface area contributed by atoms with Gasteiger partial charge in [0.15, 0.2) is 0 Å². The minimum absolute atomic E-state index is 0.00490. The molecule has 5 nitrogen and oxygen atoms in total. The number of carbonyl (C=O) groups is 3. The van der Waals surface area contributed by atoms with Crippen molar-refractivity contribution >= 4 is 23.4 Å². The van der Waals surface area contributed by atoms with Crippen LogP contribution in [0, 0.1) is 6.92 Å². The molecule has 1 aliphatic heterocycles. The summed E-state index contributed by atoms with van der Waals surface area (Å²) in [5.74, 6) is -0.553. The van der Waals surface area contributed by atoms with Crippen LogP contribution in [0.5, 0.6) is 0 Å². The van der Waals surface area contributed by atoms with Crippen molar-refractivity contribution in [3.8, 4) is 0 Å². The first-order valence-electron chi connectivity index (χ1n) is 8.85. The van der Waals surface area contributed by atoms with Crippen molar-refractivity contribution in [3.05, 3.63) is 65.2 Å². The first-order chi connectivity index (χ1) is 12.5. The summed E-state index contributed by atoms with van der Waals surface area (Å²) < 4.78 is 0. The maximum absolute atomic E-state index is 12.6. The molecule has 0 radical (unpaired) electrons. The number of hydrogen-bond donors (Lipinski definition) is 0. The predicted octanol–water partition coefficient (Wildman–Crippen LogP) is 3.42. The molecule has 0 unspecified atom stereocenters. The molecule has 0 atom stereocenters. The number of aryl methyl sites for hydroxylation is 1. The minimum Gasteiger partial charge on any atom is -0.313 e. The molecule has 0 saturated heterocycles. The number of imide groups is 1. The van der Waals surface area contributed by atoms with Crippen molar-refractivity contribution in [2.75, 3.05) is 18.0 Å². The van der Waals surface area contributed by atoms with Gasteiger partial charge in [-0.15, -0.1) is 0 Å². The van der Waals surface area contributed by atoms with E-state index in [9.17, 15) is 14.4 Å². The number of carbonyl (C=O) groups excluding carboxylic acids is 3. The van der Waals surface area contributed by atoms with Crippen molar-refractivity contribution in [2.45, 2.75) is 26.7 Å². The summed E-state index contributed by atoms with van der Waals surface area (Å²) in [7, 11) is 0. The zero-order valence-corrected chi connectivity index (χ0v) is 15.1. The monoisotopic (exact) mass is 350 g/mol. The maximum atomic E-state index is 12.6. The highest BCUT2D eigenvalue weighted by molar-refractivity contribution is 6.21. The largest absolute Gasteiger partial charge is 0.313 e. The lowest BCUT2D eigenvalue weighted by Crippen LogP contribution is -2.33. The average Bonchev–Trinajstić information content (AvgIpc) is 2.88. The van der Waals surface area contributed by atoms with Crippen LogP contribution in [0.2, 0.25) is 0 Å². The molecule has 2 aromatic carbocycles. The molecule has 1 aliphatic rings. The molecule has 5 heteroatoms. The van der Waals surface area contributed by atoms with Gasteiger partial charge in [0.2, 0.25) is 5.91 Å². The lowest BCUT2D eigenvalue weighted by Gasteiger charge is -2.22. The summed E-state index contributed by atoms with van der Waals surface area (Å²) in [6.45, 7) is 4.76. The molecular weight excluding hydrogens is 328 g/mol. The van der Waals surface area contributed by atoms with Crippen LogP contribution in [0.15, 0.2) is 48.5 Å². The first kappa shape index (κ1) is 17.9. The van der Waals surface area contributed by atoms with Crippen LogP contribution < -0.4 is 4.90 Å². The number of rotatable bonds is 6. The molecule has 0 fully saturated rings. The number of fused-ring (bicyclic) bond motifs is 1. The van der Waals surface area contributed by atoms with Crippen molar-refractivity contribution in [3.63, 3.8) is 0 Å². The SMILES string of the molecule is CCN(C(=O)CCCN1C(=O)c2ccccc2C1=O)c1cccc(C)c1. The Morgan fingerprint density at radius 3 is 2.23 bits per heavy atom. The molecule has 134 valence electrons. The second-order valence-corrected chi connectivity index (χ2v) is 6.39. The Balaban J connectivity index is 1.60. The molecular formula is C21H22N2O3. The Kier molecular flexibility index (Phi) is 5.16. The van der Waals surface area contributed by atoms with Crippen molar-refractivity contribution < 1.29 is 14.4 Å². The van der Waals surface area contributed by atoms with Crippen LogP contribution in [-0.4, -0.2) is 35.7 Å². The lowest BCUT2D eigenvalue weighted by atomic mass is 10.1. The molecule has 0 aromatic heterocycles. The van der Waals surface area contributed by atoms with Gasteiger partial charge in [0, 0.05) is 25.2 Å². The second kappa shape index (κ2) is 7.52. The molecule has 26 heavy (non-hydrogen) atoms. The third-order valence-electron chi connectivity index (χ3n) is 4.58. The third-order valence-corrected chi connectivity index (χ3v) is 4.58. The zero-order chi connectivity index (χ0) is 18.7. The predicted molar refractivity (Wildman–Crippen MR) is 100 cm³/mol. The standard InChI is InChI=1S/C21H22N2O3/c1-3-22(16-9-6-8-15(2)14-16)19(24)12-7-13-23-20(25)17-10-4-5-11-18(17)21(23)26/h4-6,8-11,14H,3,7,12-13H2,1-2H3. The number of amides is 3. The van der Waals surface area contributed by atoms with E-state index in [1.807, 2.05) is 38.1 Å². The van der Waals surface area contributed by atoms with Gasteiger partial charge in [-0.05, 0) is 50.1 Å². The summed E-state index contributed by atoms with van der Waals surface area (Å²) in [5, 5.41) is 0. The van der Waals surface area contributed by atoms with E-state index in [0.717, 1.165) is 11.3 Å². The summed E-state index contributed by atoms with van der Waals surface area (Å²) in [4.78, 5) is 40.2. The van der Waals surface area contributed by atoms with Gasteiger partial charge >= 0.3 is 0 Å². The van der Waals surface area contributed by atoms with Gasteiger partial charge in [-0.3, -0.25) is 19.3 Å². The third kappa shape index (κ3) is 3.38. The zero-order valence-electron chi connectivity index (χ0n) is 15.1. The molecule has 1 heterocycles. The van der Waals surface area contributed by atoms with E-state index in [4.69, 9.17) is 0 Å². The Morgan fingerprint density at radius 2 is 1.65 bits per heavy atom. The molecule has 0 aliphatic carbocycles. The smallest absolute Gasteiger partial charge is 0.261 e. The number of hydrogen-bond acceptors (Lipinski definition) is 3. The molecule has 0 spiro atoms. The van der Waals surface area contributed by atoms with E-state index in [1.54, 1.807) is 29.2 Å². The Labute approximate surface area is 153 Å². The first-order valence-corrected chi connectivity index (χ1v) is 8.85. The van der Waals surface area contributed by atoms with E-state index in [0.29, 0.717) is 24.1 Å². The highest BCUT2D eigenvalue weighted by atomic mass is 16.2. The van der Waals surface area contributed by atoms with E-state index < -0.39 is 0 Å². The fourth-order valence-electron chi connectivity index (χ4n) is 3.26. The van der Waals surface area contributed by atoms with Crippen LogP contribution in [0.3, 0.4) is 0 Å². The van der Waals surface area contributed by atoms with Gasteiger partial charge < -0.3 is 4.90 Å². The van der Waals surface area contributed by atoms with Gasteiger partial charge in [-0.2, -0.15) is 0 Å². The normalized spacial score (nSPS) is 13.1. The van der Waals surface area contributed by atoms with E-state index >= 15 is 0 Å². The fraction of sp³-hybridized carbons (Fsp3) is 0.286. The topological polar surface area (TPSA) is 57.7 Å². The van der Waals surface area contributed by atoms with Crippen LogP contribution >= 0.6 is 0 Å². The van der Waals surface area contributed by atoms with Crippen LogP contribution in [0.4, 0.5) is 5.69 Å². The lowest BCUT2D eigenvalue weighted by molar-refractivity contribution is -0.118. The highest BCUT2D eigenvalue weighted by Crippen LogP contribution is 2.23. The summed E-state index contributed by atoms with van der Waals surface area (Å²) in [6, 6.07) is 14.6. The van der Waals surface area contributed by atoms with Crippen LogP contribution in [-0.2, 0) is 4.79 Å². The van der Waals surface area contributed by atoms with Gasteiger partial charge in [-0.25, -0.2) is 0 Å². The highest BCUT2D eigenvalue weighted by Gasteiger charge is 2.34. The van der Waals surface area contributed by atoms with E-state index in [2.05, 4.69) is 0 Å². The number of anilines is 1. The molecule has 0 saturated carbocycles. The van der Waals surface area contributed by atoms with Gasteiger partial charge in [-0.1, -0.05) is 24.3 Å². The summed E-state index contributed by atoms with van der Waals surface area (Å²) in [6.07, 6.45) is 0.738. The molecule has 3 rings (SSSR count). The molecule has 2 aromatic rings. The van der Waals surface area contributed by atoms with Crippen LogP contribution in [0.25, 0.3) is 0 Å². The van der Waals surface area contributed by atoms with Gasteiger partial charge in [0.1, 0.15) is 0 Å². The minimum atomic E-state index is -0.274. The molecule has 3 amide bonds. The molecule has 0 N–H and O–H groups in total. The average molecular weight is 350 g/mol. The Hall–Kier alpha value is -2.95. The van der Waals surface area contributed by atoms with E-state index in [-0.39, 0.29) is 30.7 Å². The number of benzene rings is 2. The summed E-state index contributed by atoms with van der Waals surface area (Å²) in [5.41, 5.74) is 2.86. The van der Waals surface area contributed by atoms with Crippen LogP contribution in [0.1, 0.15) is 46.0 Å². The van der Waals surface area contributed by atoms with Crippen molar-refractivity contribution in [1.29, 1.82) is 0 Å². The quantitative estimate of drug-likeness (QED) is 0.750. The van der Waals surface area contributed by atoms with Crippen molar-refractivity contribution in [2.24, 2.45) is 0 Å². The summed E-state index contributed by atoms with van der Waals surface area (Å²) >= 11 is 0. The molecule has 0 bridgehead atoms. The maximum Gasteiger partial charge on any atom is 0.261 e. The number of nitrogens with zero attached hydrogens (tertiary/aromatic N) is 2. The Bertz CT molecular complexity index is 825. The second-order valence-electron chi connectivity index (χ2n) is 6.39.